The minimum atomic E-state index is -4.53. The second kappa shape index (κ2) is 13.6. The zero-order valence-electron chi connectivity index (χ0n) is 10.4. The molecule has 0 amide bonds. The van der Waals surface area contributed by atoms with Crippen molar-refractivity contribution < 1.29 is 46.2 Å². The minimum absolute atomic E-state index is 0. The molecule has 0 aliphatic rings. The molecule has 0 aliphatic heterocycles. The first-order chi connectivity index (χ1) is 7.56. The van der Waals surface area contributed by atoms with Gasteiger partial charge in [0, 0.05) is 17.8 Å². The molecule has 0 saturated carbocycles. The Bertz CT molecular complexity index is 249. The standard InChI is InChI=1S/C9H21NO4S2.Na/c10-8-6-4-2-1-3-5-7-9-15-14-16(11,12)13;/h1-10H2,(H,11,12,13);/q;+1/p-1. The van der Waals surface area contributed by atoms with E-state index in [0.717, 1.165) is 32.2 Å². The third kappa shape index (κ3) is 19.7. The first-order valence-electron chi connectivity index (χ1n) is 5.53. The van der Waals surface area contributed by atoms with E-state index in [1.807, 2.05) is 0 Å². The van der Waals surface area contributed by atoms with E-state index >= 15 is 0 Å². The predicted molar refractivity (Wildman–Crippen MR) is 64.6 cm³/mol. The van der Waals surface area contributed by atoms with Gasteiger partial charge in [-0.2, -0.15) is 0 Å². The SMILES string of the molecule is NCCCCCCCCCSOS(=O)(=O)[O-].[Na+]. The van der Waals surface area contributed by atoms with Crippen molar-refractivity contribution in [1.82, 2.24) is 0 Å². The molecule has 0 heterocycles. The number of hydrogen-bond donors (Lipinski definition) is 1. The van der Waals surface area contributed by atoms with Gasteiger partial charge in [0.2, 0.25) is 10.4 Å². The van der Waals surface area contributed by atoms with Gasteiger partial charge in [-0.05, 0) is 19.4 Å². The smallest absolute Gasteiger partial charge is 0.725 e. The molecule has 0 saturated heterocycles. The molecule has 0 unspecified atom stereocenters. The fraction of sp³-hybridized carbons (Fsp3) is 1.00. The Hall–Kier alpha value is 1.18. The van der Waals surface area contributed by atoms with E-state index < -0.39 is 10.4 Å². The predicted octanol–water partition coefficient (Wildman–Crippen LogP) is -1.20. The molecular formula is C9H20NNaO4S2. The van der Waals surface area contributed by atoms with Crippen LogP contribution in [0.3, 0.4) is 0 Å². The molecule has 0 aromatic rings. The molecule has 0 radical (unpaired) electrons. The van der Waals surface area contributed by atoms with Gasteiger partial charge >= 0.3 is 29.6 Å². The third-order valence-electron chi connectivity index (χ3n) is 2.06. The summed E-state index contributed by atoms with van der Waals surface area (Å²) in [6, 6.07) is 0. The summed E-state index contributed by atoms with van der Waals surface area (Å²) in [7, 11) is -4.53. The molecule has 0 spiro atoms. The monoisotopic (exact) mass is 293 g/mol. The van der Waals surface area contributed by atoms with Gasteiger partial charge in [-0.15, -0.1) is 0 Å². The quantitative estimate of drug-likeness (QED) is 0.169. The first kappa shape index (κ1) is 20.5. The van der Waals surface area contributed by atoms with E-state index in [-0.39, 0.29) is 29.6 Å². The number of nitrogens with two attached hydrogens (primary N) is 1. The van der Waals surface area contributed by atoms with Gasteiger partial charge in [-0.1, -0.05) is 32.1 Å². The van der Waals surface area contributed by atoms with Crippen LogP contribution in [0.5, 0.6) is 0 Å². The molecule has 0 aliphatic carbocycles. The molecule has 98 valence electrons. The van der Waals surface area contributed by atoms with E-state index in [1.165, 1.54) is 19.3 Å². The largest absolute Gasteiger partial charge is 1.00 e. The van der Waals surface area contributed by atoms with Crippen LogP contribution < -0.4 is 35.3 Å². The van der Waals surface area contributed by atoms with Crippen LogP contribution in [0.15, 0.2) is 0 Å². The molecule has 0 atom stereocenters. The van der Waals surface area contributed by atoms with E-state index in [4.69, 9.17) is 5.73 Å². The molecule has 0 fully saturated rings. The maximum atomic E-state index is 10.1. The van der Waals surface area contributed by atoms with Crippen LogP contribution in [-0.4, -0.2) is 25.3 Å². The zero-order valence-corrected chi connectivity index (χ0v) is 14.0. The number of rotatable bonds is 11. The Labute approximate surface area is 131 Å². The van der Waals surface area contributed by atoms with Crippen molar-refractivity contribution in [1.29, 1.82) is 0 Å². The van der Waals surface area contributed by atoms with Gasteiger partial charge in [0.05, 0.1) is 0 Å². The van der Waals surface area contributed by atoms with Crippen LogP contribution in [-0.2, 0) is 14.0 Å². The van der Waals surface area contributed by atoms with Gasteiger partial charge in [0.15, 0.2) is 0 Å². The molecule has 8 heteroatoms. The molecule has 0 bridgehead atoms. The average Bonchev–Trinajstić information content (AvgIpc) is 2.19. The van der Waals surface area contributed by atoms with Crippen LogP contribution in [0.25, 0.3) is 0 Å². The molecule has 0 aromatic carbocycles. The Morgan fingerprint density at radius 3 is 1.94 bits per heavy atom. The van der Waals surface area contributed by atoms with Crippen molar-refractivity contribution in [2.24, 2.45) is 5.73 Å². The third-order valence-corrected chi connectivity index (χ3v) is 3.57. The second-order valence-electron chi connectivity index (χ2n) is 3.56. The average molecular weight is 293 g/mol. The topological polar surface area (TPSA) is 92.5 Å². The molecular weight excluding hydrogens is 273 g/mol. The summed E-state index contributed by atoms with van der Waals surface area (Å²) in [5.41, 5.74) is 5.37. The Morgan fingerprint density at radius 2 is 1.47 bits per heavy atom. The van der Waals surface area contributed by atoms with Crippen LogP contribution in [0.4, 0.5) is 0 Å². The van der Waals surface area contributed by atoms with Crippen molar-refractivity contribution in [2.75, 3.05) is 12.3 Å². The maximum absolute atomic E-state index is 10.1. The number of unbranched alkanes of at least 4 members (excludes halogenated alkanes) is 6. The molecule has 2 N–H and O–H groups in total. The van der Waals surface area contributed by atoms with E-state index in [0.29, 0.717) is 17.8 Å². The van der Waals surface area contributed by atoms with Crippen molar-refractivity contribution in [3.05, 3.63) is 0 Å². The zero-order chi connectivity index (χ0) is 12.3. The van der Waals surface area contributed by atoms with E-state index in [2.05, 4.69) is 3.63 Å². The van der Waals surface area contributed by atoms with Crippen molar-refractivity contribution in [2.45, 2.75) is 44.9 Å². The summed E-state index contributed by atoms with van der Waals surface area (Å²) in [5.74, 6) is 0.546. The van der Waals surface area contributed by atoms with Crippen molar-refractivity contribution in [3.63, 3.8) is 0 Å². The van der Waals surface area contributed by atoms with Crippen LogP contribution in [0.1, 0.15) is 44.9 Å². The van der Waals surface area contributed by atoms with Gasteiger partial charge < -0.3 is 10.3 Å². The Morgan fingerprint density at radius 1 is 1.00 bits per heavy atom. The summed E-state index contributed by atoms with van der Waals surface area (Å²) in [4.78, 5) is 0. The number of hydrogen-bond acceptors (Lipinski definition) is 6. The summed E-state index contributed by atoms with van der Waals surface area (Å²) in [6.07, 6.45) is 7.71. The summed E-state index contributed by atoms with van der Waals surface area (Å²) < 4.78 is 34.2. The Balaban J connectivity index is 0. The van der Waals surface area contributed by atoms with Crippen LogP contribution in [0.2, 0.25) is 0 Å². The van der Waals surface area contributed by atoms with Crippen molar-refractivity contribution >= 4 is 22.4 Å². The summed E-state index contributed by atoms with van der Waals surface area (Å²) in [6.45, 7) is 0.762. The molecule has 5 nitrogen and oxygen atoms in total. The maximum Gasteiger partial charge on any atom is 1.00 e. The molecule has 0 rings (SSSR count). The van der Waals surface area contributed by atoms with Gasteiger partial charge in [0.1, 0.15) is 0 Å². The summed E-state index contributed by atoms with van der Waals surface area (Å²) in [5, 5.41) is 0. The van der Waals surface area contributed by atoms with E-state index in [9.17, 15) is 13.0 Å². The fourth-order valence-corrected chi connectivity index (χ4v) is 2.35. The first-order valence-corrected chi connectivity index (χ1v) is 7.77. The van der Waals surface area contributed by atoms with Gasteiger partial charge in [-0.3, -0.25) is 0 Å². The van der Waals surface area contributed by atoms with Gasteiger partial charge in [0.25, 0.3) is 0 Å². The normalized spacial score (nSPS) is 11.2. The second-order valence-corrected chi connectivity index (χ2v) is 5.57. The fourth-order valence-electron chi connectivity index (χ4n) is 1.28. The Kier molecular flexibility index (Phi) is 16.4. The minimum Gasteiger partial charge on any atom is -0.725 e. The van der Waals surface area contributed by atoms with Crippen LogP contribution >= 0.6 is 12.0 Å². The van der Waals surface area contributed by atoms with Crippen molar-refractivity contribution in [3.8, 4) is 0 Å². The molecule has 0 aromatic heterocycles. The van der Waals surface area contributed by atoms with E-state index in [1.54, 1.807) is 0 Å². The van der Waals surface area contributed by atoms with Crippen LogP contribution in [0, 0.1) is 0 Å². The summed E-state index contributed by atoms with van der Waals surface area (Å²) >= 11 is 0.715. The van der Waals surface area contributed by atoms with Gasteiger partial charge in [-0.25, -0.2) is 12.0 Å². The molecule has 17 heavy (non-hydrogen) atoms.